The van der Waals surface area contributed by atoms with Crippen LogP contribution >= 0.6 is 11.3 Å². The molecule has 0 saturated heterocycles. The van der Waals surface area contributed by atoms with Gasteiger partial charge in [-0.15, -0.1) is 11.3 Å². The number of hydrogen-bond acceptors (Lipinski definition) is 6. The summed E-state index contributed by atoms with van der Waals surface area (Å²) in [7, 11) is -3.53. The summed E-state index contributed by atoms with van der Waals surface area (Å²) in [6.07, 6.45) is 1.06. The molecule has 0 fully saturated rings. The van der Waals surface area contributed by atoms with E-state index in [0.717, 1.165) is 27.0 Å². The number of nitrogens with zero attached hydrogens (tertiary/aromatic N) is 1. The molecular formula is C21H15NO4S2. The maximum Gasteiger partial charge on any atom is 0.344 e. The second kappa shape index (κ2) is 7.18. The number of carbonyl (C=O) groups excluding carboxylic acids is 1. The van der Waals surface area contributed by atoms with Crippen LogP contribution < -0.4 is 4.74 Å². The molecule has 1 heterocycles. The van der Waals surface area contributed by atoms with Gasteiger partial charge in [0.25, 0.3) is 0 Å². The number of esters is 1. The first-order valence-electron chi connectivity index (χ1n) is 8.39. The van der Waals surface area contributed by atoms with Gasteiger partial charge in [0.15, 0.2) is 9.84 Å². The summed E-state index contributed by atoms with van der Waals surface area (Å²) >= 11 is 1.59. The Morgan fingerprint density at radius 2 is 1.61 bits per heavy atom. The smallest absolute Gasteiger partial charge is 0.344 e. The van der Waals surface area contributed by atoms with Crippen molar-refractivity contribution in [3.63, 3.8) is 0 Å². The summed E-state index contributed by atoms with van der Waals surface area (Å²) in [6.45, 7) is 0. The van der Waals surface area contributed by atoms with Crippen LogP contribution in [0, 0.1) is 0 Å². The number of thiazole rings is 1. The maximum atomic E-state index is 12.5. The monoisotopic (exact) mass is 409 g/mol. The molecule has 0 bridgehead atoms. The molecule has 0 aliphatic carbocycles. The quantitative estimate of drug-likeness (QED) is 0.364. The molecule has 7 heteroatoms. The molecule has 0 radical (unpaired) electrons. The number of para-hydroxylation sites is 1. The van der Waals surface area contributed by atoms with Crippen molar-refractivity contribution in [1.82, 2.24) is 4.98 Å². The van der Waals surface area contributed by atoms with Crippen LogP contribution in [-0.2, 0) is 9.84 Å². The van der Waals surface area contributed by atoms with Crippen LogP contribution in [0.2, 0.25) is 0 Å². The van der Waals surface area contributed by atoms with Gasteiger partial charge in [0.05, 0.1) is 20.7 Å². The fraction of sp³-hybridized carbons (Fsp3) is 0.0476. The Labute approximate surface area is 166 Å². The van der Waals surface area contributed by atoms with E-state index in [1.807, 2.05) is 36.4 Å². The van der Waals surface area contributed by atoms with E-state index in [1.54, 1.807) is 35.6 Å². The number of aromatic nitrogens is 1. The summed E-state index contributed by atoms with van der Waals surface area (Å²) in [4.78, 5) is 17.0. The van der Waals surface area contributed by atoms with Crippen molar-refractivity contribution < 1.29 is 17.9 Å². The molecule has 0 atom stereocenters. The van der Waals surface area contributed by atoms with Gasteiger partial charge in [0, 0.05) is 11.8 Å². The molecule has 140 valence electrons. The zero-order valence-electron chi connectivity index (χ0n) is 14.8. The van der Waals surface area contributed by atoms with Gasteiger partial charge in [0.2, 0.25) is 0 Å². The van der Waals surface area contributed by atoms with E-state index < -0.39 is 15.8 Å². The molecule has 0 aliphatic rings. The summed E-state index contributed by atoms with van der Waals surface area (Å²) < 4.78 is 30.2. The van der Waals surface area contributed by atoms with Gasteiger partial charge in [-0.05, 0) is 48.5 Å². The second-order valence-corrected chi connectivity index (χ2v) is 9.18. The van der Waals surface area contributed by atoms with E-state index in [-0.39, 0.29) is 10.5 Å². The van der Waals surface area contributed by atoms with Gasteiger partial charge >= 0.3 is 5.97 Å². The van der Waals surface area contributed by atoms with Gasteiger partial charge in [-0.3, -0.25) is 0 Å². The summed E-state index contributed by atoms with van der Waals surface area (Å²) in [5.74, 6) is -0.382. The van der Waals surface area contributed by atoms with Gasteiger partial charge in [-0.2, -0.15) is 0 Å². The highest BCUT2D eigenvalue weighted by molar-refractivity contribution is 7.90. The van der Waals surface area contributed by atoms with E-state index in [2.05, 4.69) is 4.98 Å². The minimum absolute atomic E-state index is 0.0141. The third-order valence-electron chi connectivity index (χ3n) is 4.11. The fourth-order valence-electron chi connectivity index (χ4n) is 2.78. The topological polar surface area (TPSA) is 73.3 Å². The zero-order chi connectivity index (χ0) is 19.7. The Morgan fingerprint density at radius 1 is 0.929 bits per heavy atom. The first kappa shape index (κ1) is 18.3. The molecule has 4 rings (SSSR count). The van der Waals surface area contributed by atoms with Crippen LogP contribution in [0.3, 0.4) is 0 Å². The molecule has 5 nitrogen and oxygen atoms in total. The van der Waals surface area contributed by atoms with E-state index >= 15 is 0 Å². The number of carbonyl (C=O) groups is 1. The highest BCUT2D eigenvalue weighted by Crippen LogP contribution is 2.31. The van der Waals surface area contributed by atoms with Crippen molar-refractivity contribution in [2.24, 2.45) is 0 Å². The van der Waals surface area contributed by atoms with E-state index in [4.69, 9.17) is 4.74 Å². The lowest BCUT2D eigenvalue weighted by Gasteiger charge is -2.08. The molecule has 0 aliphatic heterocycles. The van der Waals surface area contributed by atoms with Crippen molar-refractivity contribution in [2.75, 3.05) is 6.26 Å². The van der Waals surface area contributed by atoms with E-state index in [0.29, 0.717) is 5.75 Å². The predicted molar refractivity (Wildman–Crippen MR) is 110 cm³/mol. The number of fused-ring (bicyclic) bond motifs is 1. The van der Waals surface area contributed by atoms with Gasteiger partial charge in [-0.25, -0.2) is 18.2 Å². The van der Waals surface area contributed by atoms with Crippen LogP contribution in [0.1, 0.15) is 10.4 Å². The molecule has 0 unspecified atom stereocenters. The lowest BCUT2D eigenvalue weighted by Crippen LogP contribution is -2.13. The second-order valence-electron chi connectivity index (χ2n) is 6.17. The van der Waals surface area contributed by atoms with Crippen LogP contribution in [-0.4, -0.2) is 25.6 Å². The SMILES string of the molecule is CS(=O)(=O)c1ccccc1C(=O)Oc1ccc(-c2nc3ccccc3s2)cc1. The molecule has 0 N–H and O–H groups in total. The first-order valence-corrected chi connectivity index (χ1v) is 11.1. The molecule has 0 amide bonds. The van der Waals surface area contributed by atoms with E-state index in [9.17, 15) is 13.2 Å². The summed E-state index contributed by atoms with van der Waals surface area (Å²) in [6, 6.07) is 20.9. The number of sulfone groups is 1. The first-order chi connectivity index (χ1) is 13.4. The largest absolute Gasteiger partial charge is 0.423 e. The van der Waals surface area contributed by atoms with Gasteiger partial charge in [0.1, 0.15) is 10.8 Å². The Kier molecular flexibility index (Phi) is 4.70. The van der Waals surface area contributed by atoms with Crippen LogP contribution in [0.4, 0.5) is 0 Å². The average Bonchev–Trinajstić information content (AvgIpc) is 3.12. The normalized spacial score (nSPS) is 11.5. The fourth-order valence-corrected chi connectivity index (χ4v) is 4.63. The summed E-state index contributed by atoms with van der Waals surface area (Å²) in [5.41, 5.74) is 1.87. The maximum absolute atomic E-state index is 12.5. The number of hydrogen-bond donors (Lipinski definition) is 0. The van der Waals surface area contributed by atoms with Gasteiger partial charge in [-0.1, -0.05) is 24.3 Å². The summed E-state index contributed by atoms with van der Waals surface area (Å²) in [5, 5.41) is 0.876. The third kappa shape index (κ3) is 3.67. The molecule has 28 heavy (non-hydrogen) atoms. The predicted octanol–water partition coefficient (Wildman–Crippen LogP) is 4.59. The van der Waals surface area contributed by atoms with Crippen LogP contribution in [0.25, 0.3) is 20.8 Å². The highest BCUT2D eigenvalue weighted by Gasteiger charge is 2.19. The van der Waals surface area contributed by atoms with Crippen molar-refractivity contribution in [3.8, 4) is 16.3 Å². The third-order valence-corrected chi connectivity index (χ3v) is 6.35. The van der Waals surface area contributed by atoms with Crippen LogP contribution in [0.5, 0.6) is 5.75 Å². The van der Waals surface area contributed by atoms with Crippen molar-refractivity contribution in [2.45, 2.75) is 4.90 Å². The Bertz CT molecular complexity index is 1240. The lowest BCUT2D eigenvalue weighted by molar-refractivity contribution is 0.0730. The van der Waals surface area contributed by atoms with Gasteiger partial charge < -0.3 is 4.74 Å². The zero-order valence-corrected chi connectivity index (χ0v) is 16.5. The van der Waals surface area contributed by atoms with Crippen molar-refractivity contribution in [1.29, 1.82) is 0 Å². The average molecular weight is 409 g/mol. The molecule has 4 aromatic rings. The number of rotatable bonds is 4. The van der Waals surface area contributed by atoms with Crippen LogP contribution in [0.15, 0.2) is 77.7 Å². The van der Waals surface area contributed by atoms with E-state index in [1.165, 1.54) is 12.1 Å². The molecule has 0 spiro atoms. The van der Waals surface area contributed by atoms with Crippen molar-refractivity contribution >= 4 is 37.4 Å². The number of ether oxygens (including phenoxy) is 1. The molecule has 3 aromatic carbocycles. The molecule has 1 aromatic heterocycles. The standard InChI is InChI=1S/C21H15NO4S2/c1-28(24,25)19-9-5-2-6-16(19)21(23)26-15-12-10-14(11-13-15)20-22-17-7-3-4-8-18(17)27-20/h2-13H,1H3. The molecule has 0 saturated carbocycles. The van der Waals surface area contributed by atoms with Crippen molar-refractivity contribution in [3.05, 3.63) is 78.4 Å². The molecular weight excluding hydrogens is 394 g/mol. The number of benzene rings is 3. The minimum Gasteiger partial charge on any atom is -0.423 e. The minimum atomic E-state index is -3.53. The Morgan fingerprint density at radius 3 is 2.32 bits per heavy atom. The highest BCUT2D eigenvalue weighted by atomic mass is 32.2. The lowest BCUT2D eigenvalue weighted by atomic mass is 10.2. The Balaban J connectivity index is 1.58. The Hall–Kier alpha value is -3.03.